The van der Waals surface area contributed by atoms with Crippen molar-refractivity contribution in [2.75, 3.05) is 24.5 Å². The number of carbonyl (C=O) groups is 1. The topological polar surface area (TPSA) is 91.1 Å². The molecule has 1 amide bonds. The first-order valence-corrected chi connectivity index (χ1v) is 12.0. The number of H-pyrrole nitrogens is 1. The monoisotopic (exact) mass is 446 g/mol. The predicted octanol–water partition coefficient (Wildman–Crippen LogP) is 4.12. The highest BCUT2D eigenvalue weighted by Gasteiger charge is 2.37. The van der Waals surface area contributed by atoms with Crippen LogP contribution in [0.15, 0.2) is 30.6 Å². The van der Waals surface area contributed by atoms with Crippen LogP contribution in [0.25, 0.3) is 22.4 Å². The van der Waals surface area contributed by atoms with Gasteiger partial charge in [0.1, 0.15) is 5.82 Å². The molecule has 7 nitrogen and oxygen atoms in total. The Balaban J connectivity index is 1.65. The van der Waals surface area contributed by atoms with E-state index in [0.29, 0.717) is 18.0 Å². The second-order valence-corrected chi connectivity index (χ2v) is 10.4. The molecular formula is C26H34N6O. The summed E-state index contributed by atoms with van der Waals surface area (Å²) in [6.07, 6.45) is 6.54. The molecule has 2 aromatic heterocycles. The summed E-state index contributed by atoms with van der Waals surface area (Å²) in [5, 5.41) is 0. The van der Waals surface area contributed by atoms with Gasteiger partial charge in [-0.3, -0.25) is 9.78 Å². The van der Waals surface area contributed by atoms with Crippen LogP contribution in [0.5, 0.6) is 0 Å². The van der Waals surface area contributed by atoms with E-state index < -0.39 is 0 Å². The van der Waals surface area contributed by atoms with Gasteiger partial charge in [0.2, 0.25) is 0 Å². The van der Waals surface area contributed by atoms with Gasteiger partial charge < -0.3 is 20.5 Å². The summed E-state index contributed by atoms with van der Waals surface area (Å²) in [4.78, 5) is 31.1. The minimum Gasteiger partial charge on any atom is -0.368 e. The van der Waals surface area contributed by atoms with E-state index in [1.807, 2.05) is 18.3 Å². The molecular weight excluding hydrogens is 412 g/mol. The number of amides is 1. The summed E-state index contributed by atoms with van der Waals surface area (Å²) < 4.78 is 0. The number of hydrogen-bond donors (Lipinski definition) is 2. The normalized spacial score (nSPS) is 23.3. The van der Waals surface area contributed by atoms with Crippen molar-refractivity contribution in [1.29, 1.82) is 0 Å². The Hall–Kier alpha value is -2.93. The minimum absolute atomic E-state index is 0.0634. The molecule has 0 radical (unpaired) electrons. The van der Waals surface area contributed by atoms with Crippen molar-refractivity contribution in [3.8, 4) is 11.4 Å². The summed E-state index contributed by atoms with van der Waals surface area (Å²) in [6, 6.07) is 6.39. The number of aryl methyl sites for hydroxylation is 1. The third kappa shape index (κ3) is 3.88. The van der Waals surface area contributed by atoms with Gasteiger partial charge in [0.05, 0.1) is 27.8 Å². The van der Waals surface area contributed by atoms with E-state index in [4.69, 9.17) is 10.7 Å². The molecule has 2 aliphatic rings. The molecule has 2 aliphatic heterocycles. The number of aromatic nitrogens is 3. The summed E-state index contributed by atoms with van der Waals surface area (Å²) in [5.74, 6) is 1.23. The molecule has 2 fully saturated rings. The van der Waals surface area contributed by atoms with Crippen LogP contribution in [-0.2, 0) is 0 Å². The number of likely N-dealkylation sites (tertiary alicyclic amines) is 1. The number of para-hydroxylation sites is 1. The van der Waals surface area contributed by atoms with E-state index in [1.165, 1.54) is 0 Å². The molecule has 5 rings (SSSR count). The van der Waals surface area contributed by atoms with Crippen LogP contribution in [0.4, 0.5) is 5.69 Å². The number of carbonyl (C=O) groups excluding carboxylic acids is 1. The highest BCUT2D eigenvalue weighted by molar-refractivity contribution is 6.03. The van der Waals surface area contributed by atoms with E-state index >= 15 is 0 Å². The van der Waals surface area contributed by atoms with Crippen molar-refractivity contribution in [1.82, 2.24) is 19.9 Å². The van der Waals surface area contributed by atoms with Gasteiger partial charge in [-0.05, 0) is 50.7 Å². The quantitative estimate of drug-likeness (QED) is 0.629. The van der Waals surface area contributed by atoms with Crippen LogP contribution >= 0.6 is 0 Å². The Labute approximate surface area is 195 Å². The Bertz CT molecular complexity index is 1200. The van der Waals surface area contributed by atoms with E-state index in [1.54, 1.807) is 6.20 Å². The van der Waals surface area contributed by atoms with Crippen LogP contribution in [0.3, 0.4) is 0 Å². The fourth-order valence-corrected chi connectivity index (χ4v) is 5.50. The van der Waals surface area contributed by atoms with Crippen LogP contribution in [0.1, 0.15) is 56.0 Å². The lowest BCUT2D eigenvalue weighted by Crippen LogP contribution is -2.41. The van der Waals surface area contributed by atoms with Crippen LogP contribution in [0, 0.1) is 12.8 Å². The molecule has 7 heteroatoms. The maximum Gasteiger partial charge on any atom is 0.257 e. The maximum atomic E-state index is 13.9. The minimum atomic E-state index is -0.292. The van der Waals surface area contributed by atoms with Gasteiger partial charge in [0.15, 0.2) is 0 Å². The molecule has 0 aliphatic carbocycles. The van der Waals surface area contributed by atoms with Gasteiger partial charge in [0, 0.05) is 43.6 Å². The summed E-state index contributed by atoms with van der Waals surface area (Å²) in [6.45, 7) is 10.8. The van der Waals surface area contributed by atoms with E-state index in [2.05, 4.69) is 53.5 Å². The van der Waals surface area contributed by atoms with Crippen LogP contribution in [0.2, 0.25) is 0 Å². The summed E-state index contributed by atoms with van der Waals surface area (Å²) in [7, 11) is 0. The molecule has 0 bridgehead atoms. The molecule has 1 aromatic carbocycles. The van der Waals surface area contributed by atoms with Gasteiger partial charge in [-0.25, -0.2) is 4.98 Å². The zero-order valence-electron chi connectivity index (χ0n) is 20.1. The molecule has 174 valence electrons. The van der Waals surface area contributed by atoms with Crippen molar-refractivity contribution in [3.63, 3.8) is 0 Å². The van der Waals surface area contributed by atoms with Gasteiger partial charge >= 0.3 is 0 Å². The highest BCUT2D eigenvalue weighted by Crippen LogP contribution is 2.38. The molecule has 3 aromatic rings. The number of hydrogen-bond acceptors (Lipinski definition) is 5. The van der Waals surface area contributed by atoms with Gasteiger partial charge in [-0.2, -0.15) is 0 Å². The average Bonchev–Trinajstić information content (AvgIpc) is 3.51. The lowest BCUT2D eigenvalue weighted by molar-refractivity contribution is 0.0702. The van der Waals surface area contributed by atoms with Crippen LogP contribution in [-0.4, -0.2) is 57.0 Å². The number of nitrogens with zero attached hydrogens (tertiary/aromatic N) is 4. The number of imidazole rings is 1. The number of aromatic amines is 1. The lowest BCUT2D eigenvalue weighted by Gasteiger charge is -2.31. The number of anilines is 1. The Kier molecular flexibility index (Phi) is 5.40. The lowest BCUT2D eigenvalue weighted by atomic mass is 10.0. The zero-order valence-corrected chi connectivity index (χ0v) is 20.1. The summed E-state index contributed by atoms with van der Waals surface area (Å²) >= 11 is 0. The average molecular weight is 447 g/mol. The third-order valence-electron chi connectivity index (χ3n) is 7.27. The number of nitrogens with two attached hydrogens (primary N) is 1. The van der Waals surface area contributed by atoms with Gasteiger partial charge in [0.25, 0.3) is 5.91 Å². The third-order valence-corrected chi connectivity index (χ3v) is 7.27. The standard InChI is InChI=1S/C26H34N6O/c1-16(2)21-9-6-11-32(21)25(33)19-14-28-13-18(23(19)31-12-10-26(4,27)15-31)24-29-20-8-5-7-17(3)22(20)30-24/h5,7-8,13-14,16,21H,6,9-12,15,27H2,1-4H3,(H,29,30)/t21?,26-/m0/s1. The highest BCUT2D eigenvalue weighted by atomic mass is 16.2. The van der Waals surface area contributed by atoms with E-state index in [0.717, 1.165) is 66.0 Å². The van der Waals surface area contributed by atoms with Gasteiger partial charge in [-0.15, -0.1) is 0 Å². The van der Waals surface area contributed by atoms with Crippen LogP contribution < -0.4 is 10.6 Å². The van der Waals surface area contributed by atoms with Gasteiger partial charge in [-0.1, -0.05) is 26.0 Å². The van der Waals surface area contributed by atoms with E-state index in [-0.39, 0.29) is 17.5 Å². The fourth-order valence-electron chi connectivity index (χ4n) is 5.50. The van der Waals surface area contributed by atoms with Crippen molar-refractivity contribution < 1.29 is 4.79 Å². The number of pyridine rings is 1. The first-order valence-electron chi connectivity index (χ1n) is 12.0. The predicted molar refractivity (Wildman–Crippen MR) is 132 cm³/mol. The first kappa shape index (κ1) is 21.9. The SMILES string of the molecule is Cc1cccc2[nH]c(-c3cncc(C(=O)N4CCCC4C(C)C)c3N3CC[C@](C)(N)C3)nc12. The molecule has 0 spiro atoms. The molecule has 4 heterocycles. The first-order chi connectivity index (χ1) is 15.7. The number of benzene rings is 1. The second-order valence-electron chi connectivity index (χ2n) is 10.4. The molecule has 0 saturated carbocycles. The number of rotatable bonds is 4. The van der Waals surface area contributed by atoms with Crippen molar-refractivity contribution in [2.24, 2.45) is 11.7 Å². The maximum absolute atomic E-state index is 13.9. The molecule has 1 unspecified atom stereocenters. The fraction of sp³-hybridized carbons (Fsp3) is 0.500. The molecule has 33 heavy (non-hydrogen) atoms. The largest absolute Gasteiger partial charge is 0.368 e. The van der Waals surface area contributed by atoms with Crippen molar-refractivity contribution >= 4 is 22.6 Å². The molecule has 2 atom stereocenters. The Morgan fingerprint density at radius 2 is 2.09 bits per heavy atom. The zero-order chi connectivity index (χ0) is 23.3. The Morgan fingerprint density at radius 3 is 2.79 bits per heavy atom. The number of fused-ring (bicyclic) bond motifs is 1. The van der Waals surface area contributed by atoms with E-state index in [9.17, 15) is 4.79 Å². The Morgan fingerprint density at radius 1 is 1.27 bits per heavy atom. The molecule has 3 N–H and O–H groups in total. The second kappa shape index (κ2) is 8.13. The smallest absolute Gasteiger partial charge is 0.257 e. The molecule has 2 saturated heterocycles. The van der Waals surface area contributed by atoms with Crippen molar-refractivity contribution in [2.45, 2.75) is 58.5 Å². The van der Waals surface area contributed by atoms with Crippen molar-refractivity contribution in [3.05, 3.63) is 41.7 Å². The number of nitrogens with one attached hydrogen (secondary N) is 1. The summed E-state index contributed by atoms with van der Waals surface area (Å²) in [5.41, 5.74) is 11.7.